The number of aromatic nitrogens is 3. The average Bonchev–Trinajstić information content (AvgIpc) is 2.37. The maximum absolute atomic E-state index is 5.55. The summed E-state index contributed by atoms with van der Waals surface area (Å²) in [5.41, 5.74) is 0.422. The van der Waals surface area contributed by atoms with Gasteiger partial charge in [0.05, 0.1) is 6.10 Å². The van der Waals surface area contributed by atoms with Crippen LogP contribution in [-0.4, -0.2) is 34.6 Å². The molecule has 0 spiro atoms. The first-order valence-corrected chi connectivity index (χ1v) is 7.41. The fourth-order valence-corrected chi connectivity index (χ4v) is 2.41. The second kappa shape index (κ2) is 6.24. The van der Waals surface area contributed by atoms with Crippen molar-refractivity contribution in [2.75, 3.05) is 24.2 Å². The zero-order valence-corrected chi connectivity index (χ0v) is 12.9. The Morgan fingerprint density at radius 3 is 2.40 bits per heavy atom. The number of anilines is 2. The number of ether oxygens (including phenoxy) is 1. The van der Waals surface area contributed by atoms with E-state index in [1.165, 1.54) is 25.7 Å². The summed E-state index contributed by atoms with van der Waals surface area (Å²) in [6.07, 6.45) is 5.14. The van der Waals surface area contributed by atoms with Crippen molar-refractivity contribution >= 4 is 11.9 Å². The Balaban J connectivity index is 2.06. The van der Waals surface area contributed by atoms with Crippen molar-refractivity contribution in [3.05, 3.63) is 0 Å². The Bertz CT molecular complexity index is 440. The van der Waals surface area contributed by atoms with Crippen LogP contribution in [-0.2, 0) is 0 Å². The molecule has 1 aliphatic rings. The highest BCUT2D eigenvalue weighted by molar-refractivity contribution is 5.35. The maximum Gasteiger partial charge on any atom is 0.323 e. The predicted octanol–water partition coefficient (Wildman–Crippen LogP) is 2.69. The van der Waals surface area contributed by atoms with Crippen LogP contribution in [0.4, 0.5) is 11.9 Å². The van der Waals surface area contributed by atoms with Crippen molar-refractivity contribution in [2.45, 2.75) is 52.6 Å². The van der Waals surface area contributed by atoms with Gasteiger partial charge in [0.2, 0.25) is 11.9 Å². The number of rotatable bonds is 7. The molecule has 20 heavy (non-hydrogen) atoms. The molecule has 1 saturated carbocycles. The lowest BCUT2D eigenvalue weighted by molar-refractivity contribution is 0.144. The lowest BCUT2D eigenvalue weighted by Crippen LogP contribution is -2.36. The molecular formula is C14H25N5O. The van der Waals surface area contributed by atoms with E-state index in [2.05, 4.69) is 32.5 Å². The van der Waals surface area contributed by atoms with Crippen molar-refractivity contribution in [2.24, 2.45) is 5.41 Å². The molecule has 0 radical (unpaired) electrons. The SMILES string of the molecule is CCC1(CNc2nc(NC)nc(OC(C)C)n2)CCC1. The van der Waals surface area contributed by atoms with Gasteiger partial charge >= 0.3 is 6.01 Å². The molecule has 0 atom stereocenters. The molecule has 1 aliphatic carbocycles. The molecule has 2 N–H and O–H groups in total. The molecule has 0 aliphatic heterocycles. The molecule has 0 saturated heterocycles. The first kappa shape index (κ1) is 14.8. The van der Waals surface area contributed by atoms with Crippen LogP contribution in [0.15, 0.2) is 0 Å². The molecule has 1 fully saturated rings. The van der Waals surface area contributed by atoms with E-state index in [0.29, 0.717) is 23.3 Å². The molecule has 6 nitrogen and oxygen atoms in total. The minimum Gasteiger partial charge on any atom is -0.461 e. The second-order valence-corrected chi connectivity index (χ2v) is 5.74. The van der Waals surface area contributed by atoms with Gasteiger partial charge in [0.25, 0.3) is 0 Å². The minimum atomic E-state index is 0.0450. The summed E-state index contributed by atoms with van der Waals surface area (Å²) in [6.45, 7) is 7.07. The Morgan fingerprint density at radius 1 is 1.20 bits per heavy atom. The molecule has 0 amide bonds. The zero-order valence-electron chi connectivity index (χ0n) is 12.9. The van der Waals surface area contributed by atoms with E-state index >= 15 is 0 Å². The monoisotopic (exact) mass is 279 g/mol. The van der Waals surface area contributed by atoms with E-state index < -0.39 is 0 Å². The van der Waals surface area contributed by atoms with Crippen LogP contribution in [0.5, 0.6) is 6.01 Å². The van der Waals surface area contributed by atoms with Gasteiger partial charge in [0.15, 0.2) is 0 Å². The van der Waals surface area contributed by atoms with E-state index in [-0.39, 0.29) is 6.10 Å². The topological polar surface area (TPSA) is 72.0 Å². The van der Waals surface area contributed by atoms with Crippen LogP contribution < -0.4 is 15.4 Å². The Hall–Kier alpha value is -1.59. The Morgan fingerprint density at radius 2 is 1.90 bits per heavy atom. The van der Waals surface area contributed by atoms with Crippen LogP contribution in [0.1, 0.15) is 46.5 Å². The molecular weight excluding hydrogens is 254 g/mol. The molecule has 0 bridgehead atoms. The summed E-state index contributed by atoms with van der Waals surface area (Å²) in [4.78, 5) is 12.8. The van der Waals surface area contributed by atoms with Gasteiger partial charge in [-0.3, -0.25) is 0 Å². The molecule has 6 heteroatoms. The van der Waals surface area contributed by atoms with Gasteiger partial charge in [-0.25, -0.2) is 0 Å². The van der Waals surface area contributed by atoms with Crippen molar-refractivity contribution in [1.82, 2.24) is 15.0 Å². The summed E-state index contributed by atoms with van der Waals surface area (Å²) in [5.74, 6) is 1.11. The number of hydrogen-bond acceptors (Lipinski definition) is 6. The van der Waals surface area contributed by atoms with Gasteiger partial charge in [-0.15, -0.1) is 0 Å². The fraction of sp³-hybridized carbons (Fsp3) is 0.786. The molecule has 1 aromatic heterocycles. The molecule has 1 aromatic rings. The van der Waals surface area contributed by atoms with Gasteiger partial charge in [-0.1, -0.05) is 13.3 Å². The zero-order chi connectivity index (χ0) is 14.6. The van der Waals surface area contributed by atoms with Crippen LogP contribution in [0, 0.1) is 5.41 Å². The quantitative estimate of drug-likeness (QED) is 0.799. The summed E-state index contributed by atoms with van der Waals surface area (Å²) in [5, 5.41) is 6.28. The summed E-state index contributed by atoms with van der Waals surface area (Å²) >= 11 is 0. The molecule has 1 heterocycles. The summed E-state index contributed by atoms with van der Waals surface area (Å²) < 4.78 is 5.55. The molecule has 0 unspecified atom stereocenters. The Labute approximate surface area is 120 Å². The first-order chi connectivity index (χ1) is 9.57. The number of hydrogen-bond donors (Lipinski definition) is 2. The van der Waals surface area contributed by atoms with Gasteiger partial charge in [-0.2, -0.15) is 15.0 Å². The average molecular weight is 279 g/mol. The van der Waals surface area contributed by atoms with Crippen LogP contribution >= 0.6 is 0 Å². The third kappa shape index (κ3) is 3.49. The van der Waals surface area contributed by atoms with Crippen molar-refractivity contribution in [1.29, 1.82) is 0 Å². The third-order valence-electron chi connectivity index (χ3n) is 3.97. The van der Waals surface area contributed by atoms with E-state index in [1.54, 1.807) is 7.05 Å². The second-order valence-electron chi connectivity index (χ2n) is 5.74. The maximum atomic E-state index is 5.55. The minimum absolute atomic E-state index is 0.0450. The highest BCUT2D eigenvalue weighted by Crippen LogP contribution is 2.43. The predicted molar refractivity (Wildman–Crippen MR) is 80.2 cm³/mol. The van der Waals surface area contributed by atoms with Crippen LogP contribution in [0.2, 0.25) is 0 Å². The molecule has 112 valence electrons. The summed E-state index contributed by atoms with van der Waals surface area (Å²) in [7, 11) is 1.79. The highest BCUT2D eigenvalue weighted by atomic mass is 16.5. The highest BCUT2D eigenvalue weighted by Gasteiger charge is 2.34. The van der Waals surface area contributed by atoms with Crippen LogP contribution in [0.3, 0.4) is 0 Å². The summed E-state index contributed by atoms with van der Waals surface area (Å²) in [6, 6.07) is 0.362. The van der Waals surface area contributed by atoms with E-state index in [9.17, 15) is 0 Å². The largest absolute Gasteiger partial charge is 0.461 e. The van der Waals surface area contributed by atoms with Gasteiger partial charge in [-0.05, 0) is 38.5 Å². The van der Waals surface area contributed by atoms with Gasteiger partial charge < -0.3 is 15.4 Å². The molecule has 0 aromatic carbocycles. The lowest BCUT2D eigenvalue weighted by atomic mass is 9.67. The normalized spacial score (nSPS) is 16.6. The smallest absolute Gasteiger partial charge is 0.323 e. The van der Waals surface area contributed by atoms with E-state index in [1.807, 2.05) is 13.8 Å². The standard InChI is InChI=1S/C14H25N5O/c1-5-14(7-6-8-14)9-16-12-17-11(15-4)18-13(19-12)20-10(2)3/h10H,5-9H2,1-4H3,(H2,15,16,17,18,19). The van der Waals surface area contributed by atoms with Crippen molar-refractivity contribution in [3.8, 4) is 6.01 Å². The molecule has 2 rings (SSSR count). The van der Waals surface area contributed by atoms with Gasteiger partial charge in [0, 0.05) is 13.6 Å². The number of nitrogens with zero attached hydrogens (tertiary/aromatic N) is 3. The first-order valence-electron chi connectivity index (χ1n) is 7.41. The van der Waals surface area contributed by atoms with E-state index in [4.69, 9.17) is 4.74 Å². The fourth-order valence-electron chi connectivity index (χ4n) is 2.41. The lowest BCUT2D eigenvalue weighted by Gasteiger charge is -2.41. The van der Waals surface area contributed by atoms with E-state index in [0.717, 1.165) is 6.54 Å². The third-order valence-corrected chi connectivity index (χ3v) is 3.97. The number of nitrogens with one attached hydrogen (secondary N) is 2. The van der Waals surface area contributed by atoms with Crippen LogP contribution in [0.25, 0.3) is 0 Å². The van der Waals surface area contributed by atoms with Gasteiger partial charge in [0.1, 0.15) is 0 Å². The Kier molecular flexibility index (Phi) is 4.62. The van der Waals surface area contributed by atoms with Crippen molar-refractivity contribution < 1.29 is 4.74 Å². The van der Waals surface area contributed by atoms with Crippen molar-refractivity contribution in [3.63, 3.8) is 0 Å².